The maximum absolute atomic E-state index is 6.64. The van der Waals surface area contributed by atoms with Gasteiger partial charge in [0, 0.05) is 34.5 Å². The maximum atomic E-state index is 6.64. The second-order valence-electron chi connectivity index (χ2n) is 15.0. The van der Waals surface area contributed by atoms with Crippen molar-refractivity contribution in [1.29, 1.82) is 0 Å². The SMILES string of the molecule is CC(C)(C)c1ccnc(-n2c3ccccc3c3ccc(Oc4cccc(-n5c6nc(C(C)(C)C)cnc6n6c7ccccc7nc56)c4)cc32)c1. The second kappa shape index (κ2) is 10.7. The first-order chi connectivity index (χ1) is 24.0. The van der Waals surface area contributed by atoms with Gasteiger partial charge in [-0.25, -0.2) is 19.9 Å². The van der Waals surface area contributed by atoms with Crippen LogP contribution in [-0.2, 0) is 10.8 Å². The smallest absolute Gasteiger partial charge is 0.223 e. The molecule has 0 aliphatic heterocycles. The third-order valence-electron chi connectivity index (χ3n) is 9.47. The van der Waals surface area contributed by atoms with Crippen LogP contribution in [0.5, 0.6) is 11.5 Å². The van der Waals surface area contributed by atoms with Gasteiger partial charge < -0.3 is 4.74 Å². The predicted octanol–water partition coefficient (Wildman–Crippen LogP) is 10.1. The number of rotatable bonds is 4. The summed E-state index contributed by atoms with van der Waals surface area (Å²) in [6.45, 7) is 13.1. The van der Waals surface area contributed by atoms with Crippen LogP contribution in [0.15, 0.2) is 116 Å². The molecule has 9 rings (SSSR count). The standard InChI is InChI=1S/C42H37N7O/c1-41(2,3)26-20-21-43-37(22-26)48-33-16-9-7-14-30(33)31-19-18-29(24-35(31)48)50-28-13-11-12-27(23-28)47-39-38(44-25-36(46-39)42(4,5)6)49-34-17-10-8-15-32(34)45-40(47)49/h7-25H,1-6H3. The molecule has 0 atom stereocenters. The molecule has 8 heteroatoms. The Labute approximate surface area is 289 Å². The van der Waals surface area contributed by atoms with Crippen molar-refractivity contribution < 1.29 is 4.74 Å². The third kappa shape index (κ3) is 4.74. The molecule has 0 radical (unpaired) electrons. The van der Waals surface area contributed by atoms with Crippen LogP contribution >= 0.6 is 0 Å². The Kier molecular flexibility index (Phi) is 6.46. The van der Waals surface area contributed by atoms with Gasteiger partial charge in [-0.05, 0) is 65.6 Å². The molecule has 0 spiro atoms. The summed E-state index contributed by atoms with van der Waals surface area (Å²) in [6, 6.07) is 35.3. The number of nitrogens with zero attached hydrogens (tertiary/aromatic N) is 7. The van der Waals surface area contributed by atoms with Gasteiger partial charge in [0.25, 0.3) is 0 Å². The number of hydrogen-bond acceptors (Lipinski definition) is 5. The fourth-order valence-corrected chi connectivity index (χ4v) is 6.84. The van der Waals surface area contributed by atoms with E-state index in [1.807, 2.05) is 54.9 Å². The topological polar surface area (TPSA) is 75.1 Å². The van der Waals surface area contributed by atoms with Crippen LogP contribution in [0.4, 0.5) is 0 Å². The molecular weight excluding hydrogens is 619 g/mol. The highest BCUT2D eigenvalue weighted by atomic mass is 16.5. The molecular formula is C42H37N7O. The largest absolute Gasteiger partial charge is 0.457 e. The molecule has 0 unspecified atom stereocenters. The molecule has 5 heterocycles. The number of benzene rings is 4. The molecule has 0 aliphatic carbocycles. The van der Waals surface area contributed by atoms with Crippen LogP contribution < -0.4 is 4.74 Å². The van der Waals surface area contributed by atoms with Crippen LogP contribution in [0, 0.1) is 0 Å². The lowest BCUT2D eigenvalue weighted by Crippen LogP contribution is -2.14. The first-order valence-corrected chi connectivity index (χ1v) is 17.0. The Morgan fingerprint density at radius 3 is 2.16 bits per heavy atom. The highest BCUT2D eigenvalue weighted by molar-refractivity contribution is 6.09. The fraction of sp³-hybridized carbons (Fsp3) is 0.190. The highest BCUT2D eigenvalue weighted by Gasteiger charge is 2.24. The van der Waals surface area contributed by atoms with E-state index in [1.54, 1.807) is 0 Å². The van der Waals surface area contributed by atoms with Gasteiger partial charge in [0.15, 0.2) is 11.3 Å². The molecule has 0 N–H and O–H groups in total. The van der Waals surface area contributed by atoms with Crippen molar-refractivity contribution in [2.24, 2.45) is 0 Å². The van der Waals surface area contributed by atoms with Crippen LogP contribution in [0.2, 0.25) is 0 Å². The van der Waals surface area contributed by atoms with Crippen molar-refractivity contribution in [3.05, 3.63) is 127 Å². The Morgan fingerprint density at radius 2 is 1.34 bits per heavy atom. The summed E-state index contributed by atoms with van der Waals surface area (Å²) in [5, 5.41) is 2.32. The molecule has 5 aromatic heterocycles. The number of fused-ring (bicyclic) bond motifs is 8. The molecule has 246 valence electrons. The van der Waals surface area contributed by atoms with Gasteiger partial charge in [0.1, 0.15) is 17.3 Å². The first kappa shape index (κ1) is 30.1. The van der Waals surface area contributed by atoms with Gasteiger partial charge in [0.05, 0.1) is 39.6 Å². The van der Waals surface area contributed by atoms with E-state index in [0.29, 0.717) is 5.75 Å². The zero-order valence-electron chi connectivity index (χ0n) is 29.0. The van der Waals surface area contributed by atoms with Crippen LogP contribution in [0.1, 0.15) is 52.8 Å². The normalized spacial score (nSPS) is 12.6. The molecule has 4 aromatic carbocycles. The highest BCUT2D eigenvalue weighted by Crippen LogP contribution is 2.37. The van der Waals surface area contributed by atoms with E-state index in [4.69, 9.17) is 24.7 Å². The first-order valence-electron chi connectivity index (χ1n) is 17.0. The number of hydrogen-bond donors (Lipinski definition) is 0. The molecule has 50 heavy (non-hydrogen) atoms. The summed E-state index contributed by atoms with van der Waals surface area (Å²) in [7, 11) is 0. The molecule has 9 aromatic rings. The van der Waals surface area contributed by atoms with Gasteiger partial charge in [-0.1, -0.05) is 77.9 Å². The quantitative estimate of drug-likeness (QED) is 0.189. The monoisotopic (exact) mass is 655 g/mol. The number of imidazole rings is 2. The molecule has 8 nitrogen and oxygen atoms in total. The molecule has 0 saturated heterocycles. The van der Waals surface area contributed by atoms with Crippen molar-refractivity contribution in [2.75, 3.05) is 0 Å². The summed E-state index contributed by atoms with van der Waals surface area (Å²) in [6.07, 6.45) is 3.78. The average Bonchev–Trinajstić information content (AvgIpc) is 3.74. The van der Waals surface area contributed by atoms with Gasteiger partial charge in [-0.15, -0.1) is 0 Å². The predicted molar refractivity (Wildman–Crippen MR) is 201 cm³/mol. The van der Waals surface area contributed by atoms with Crippen LogP contribution in [-0.4, -0.2) is 33.5 Å². The Hall–Kier alpha value is -6.02. The lowest BCUT2D eigenvalue weighted by molar-refractivity contribution is 0.483. The minimum Gasteiger partial charge on any atom is -0.457 e. The number of ether oxygens (including phenoxy) is 1. The van der Waals surface area contributed by atoms with E-state index in [9.17, 15) is 0 Å². The molecule has 0 saturated carbocycles. The number of pyridine rings is 1. The fourth-order valence-electron chi connectivity index (χ4n) is 6.84. The van der Waals surface area contributed by atoms with Crippen molar-refractivity contribution in [1.82, 2.24) is 33.5 Å². The minimum absolute atomic E-state index is 0.00459. The van der Waals surface area contributed by atoms with Crippen LogP contribution in [0.25, 0.3) is 61.4 Å². The van der Waals surface area contributed by atoms with Crippen molar-refractivity contribution in [3.63, 3.8) is 0 Å². The summed E-state index contributed by atoms with van der Waals surface area (Å²) in [4.78, 5) is 20.0. The molecule has 0 bridgehead atoms. The van der Waals surface area contributed by atoms with Gasteiger partial charge >= 0.3 is 0 Å². The van der Waals surface area contributed by atoms with Gasteiger partial charge in [0.2, 0.25) is 5.78 Å². The van der Waals surface area contributed by atoms with Crippen LogP contribution in [0.3, 0.4) is 0 Å². The number of para-hydroxylation sites is 3. The lowest BCUT2D eigenvalue weighted by atomic mass is 9.88. The summed E-state index contributed by atoms with van der Waals surface area (Å²) < 4.78 is 13.1. The Balaban J connectivity index is 1.18. The minimum atomic E-state index is -0.171. The second-order valence-corrected chi connectivity index (χ2v) is 15.0. The zero-order valence-corrected chi connectivity index (χ0v) is 29.0. The van der Waals surface area contributed by atoms with Gasteiger partial charge in [-0.2, -0.15) is 0 Å². The summed E-state index contributed by atoms with van der Waals surface area (Å²) >= 11 is 0. The third-order valence-corrected chi connectivity index (χ3v) is 9.47. The number of aromatic nitrogens is 7. The van der Waals surface area contributed by atoms with E-state index in [-0.39, 0.29) is 10.8 Å². The van der Waals surface area contributed by atoms with Crippen molar-refractivity contribution >= 4 is 49.9 Å². The van der Waals surface area contributed by atoms with E-state index in [0.717, 1.165) is 67.5 Å². The maximum Gasteiger partial charge on any atom is 0.223 e. The molecule has 0 amide bonds. The van der Waals surface area contributed by atoms with E-state index < -0.39 is 0 Å². The molecule has 0 fully saturated rings. The van der Waals surface area contributed by atoms with E-state index in [2.05, 4.69) is 116 Å². The van der Waals surface area contributed by atoms with Crippen molar-refractivity contribution in [2.45, 2.75) is 52.4 Å². The summed E-state index contributed by atoms with van der Waals surface area (Å²) in [5.41, 5.74) is 8.39. The Morgan fingerprint density at radius 1 is 0.580 bits per heavy atom. The zero-order chi connectivity index (χ0) is 34.4. The van der Waals surface area contributed by atoms with E-state index in [1.165, 1.54) is 10.9 Å². The summed E-state index contributed by atoms with van der Waals surface area (Å²) in [5.74, 6) is 3.07. The lowest BCUT2D eigenvalue weighted by Gasteiger charge is -2.20. The van der Waals surface area contributed by atoms with Gasteiger partial charge in [-0.3, -0.25) is 13.5 Å². The Bertz CT molecular complexity index is 2770. The molecule has 0 aliphatic rings. The van der Waals surface area contributed by atoms with E-state index >= 15 is 0 Å². The van der Waals surface area contributed by atoms with Crippen molar-refractivity contribution in [3.8, 4) is 23.0 Å². The average molecular weight is 656 g/mol.